The molecule has 1 heterocycles. The average Bonchev–Trinajstić information content (AvgIpc) is 3.48. The lowest BCUT2D eigenvalue weighted by Crippen LogP contribution is -2.51. The van der Waals surface area contributed by atoms with Crippen LogP contribution >= 0.6 is 11.8 Å². The summed E-state index contributed by atoms with van der Waals surface area (Å²) in [4.78, 5) is 16.0. The third-order valence-electron chi connectivity index (χ3n) is 8.96. The molecule has 4 atom stereocenters. The minimum atomic E-state index is -4.64. The van der Waals surface area contributed by atoms with Gasteiger partial charge in [-0.2, -0.15) is 24.9 Å². The lowest BCUT2D eigenvalue weighted by atomic mass is 9.68. The summed E-state index contributed by atoms with van der Waals surface area (Å²) in [7, 11) is 0. The third-order valence-corrected chi connectivity index (χ3v) is 9.80. The van der Waals surface area contributed by atoms with E-state index >= 15 is 0 Å². The predicted octanol–water partition coefficient (Wildman–Crippen LogP) is 6.67. The van der Waals surface area contributed by atoms with Crippen LogP contribution in [0, 0.1) is 17.2 Å². The van der Waals surface area contributed by atoms with E-state index in [1.165, 1.54) is 11.1 Å². The van der Waals surface area contributed by atoms with Gasteiger partial charge in [-0.05, 0) is 79.3 Å². The van der Waals surface area contributed by atoms with Crippen LogP contribution in [-0.4, -0.2) is 41.9 Å². The van der Waals surface area contributed by atoms with Crippen LogP contribution in [0.1, 0.15) is 54.9 Å². The zero-order chi connectivity index (χ0) is 27.1. The van der Waals surface area contributed by atoms with Crippen molar-refractivity contribution < 1.29 is 22.4 Å². The van der Waals surface area contributed by atoms with E-state index < -0.39 is 23.0 Å². The van der Waals surface area contributed by atoms with Gasteiger partial charge >= 0.3 is 6.18 Å². The number of carbonyl (C=O) groups is 1. The van der Waals surface area contributed by atoms with E-state index in [-0.39, 0.29) is 23.4 Å². The minimum Gasteiger partial charge on any atom is -0.352 e. The molecule has 1 spiro atoms. The van der Waals surface area contributed by atoms with E-state index in [2.05, 4.69) is 53.6 Å². The molecular formula is C30H34F4N2OS. The minimum absolute atomic E-state index is 0.0691. The van der Waals surface area contributed by atoms with Crippen LogP contribution in [0.4, 0.5) is 17.6 Å². The molecule has 3 nitrogen and oxygen atoms in total. The maximum atomic E-state index is 13.8. The van der Waals surface area contributed by atoms with Crippen LogP contribution in [0.5, 0.6) is 0 Å². The summed E-state index contributed by atoms with van der Waals surface area (Å²) < 4.78 is 53.2. The Hall–Kier alpha value is -2.32. The van der Waals surface area contributed by atoms with E-state index in [1.807, 2.05) is 6.26 Å². The van der Waals surface area contributed by atoms with Crippen LogP contribution in [0.25, 0.3) is 6.08 Å². The second-order valence-electron chi connectivity index (χ2n) is 11.2. The van der Waals surface area contributed by atoms with Crippen molar-refractivity contribution in [1.29, 1.82) is 0 Å². The Morgan fingerprint density at radius 3 is 2.71 bits per heavy atom. The molecule has 8 heteroatoms. The lowest BCUT2D eigenvalue weighted by Gasteiger charge is -2.46. The van der Waals surface area contributed by atoms with Crippen molar-refractivity contribution in [3.63, 3.8) is 0 Å². The van der Waals surface area contributed by atoms with Crippen LogP contribution in [0.2, 0.25) is 0 Å². The summed E-state index contributed by atoms with van der Waals surface area (Å²) in [5.41, 5.74) is 1.28. The van der Waals surface area contributed by atoms with Crippen molar-refractivity contribution in [2.24, 2.45) is 11.3 Å². The molecule has 38 heavy (non-hydrogen) atoms. The molecule has 1 N–H and O–H groups in total. The molecule has 204 valence electrons. The molecule has 1 aliphatic heterocycles. The molecular weight excluding hydrogens is 512 g/mol. The fraction of sp³-hybridized carbons (Fsp3) is 0.500. The smallest absolute Gasteiger partial charge is 0.352 e. The van der Waals surface area contributed by atoms with Gasteiger partial charge in [0.25, 0.3) is 0 Å². The van der Waals surface area contributed by atoms with Crippen LogP contribution < -0.4 is 5.32 Å². The molecule has 0 aromatic heterocycles. The molecule has 0 radical (unpaired) electrons. The van der Waals surface area contributed by atoms with Crippen molar-refractivity contribution in [1.82, 2.24) is 10.2 Å². The molecule has 5 rings (SSSR count). The molecule has 1 saturated heterocycles. The molecule has 2 aromatic carbocycles. The topological polar surface area (TPSA) is 32.3 Å². The van der Waals surface area contributed by atoms with Gasteiger partial charge in [0.1, 0.15) is 5.82 Å². The Bertz CT molecular complexity index is 1230. The number of piperidine rings is 1. The Morgan fingerprint density at radius 1 is 1.18 bits per heavy atom. The summed E-state index contributed by atoms with van der Waals surface area (Å²) in [6, 6.07) is 11.4. The van der Waals surface area contributed by atoms with Gasteiger partial charge in [-0.15, -0.1) is 0 Å². The van der Waals surface area contributed by atoms with Gasteiger partial charge in [0.2, 0.25) is 5.91 Å². The number of alkyl halides is 3. The zero-order valence-electron chi connectivity index (χ0n) is 21.8. The van der Waals surface area contributed by atoms with Gasteiger partial charge in [0, 0.05) is 30.3 Å². The van der Waals surface area contributed by atoms with E-state index in [0.717, 1.165) is 50.9 Å². The van der Waals surface area contributed by atoms with Crippen molar-refractivity contribution in [2.75, 3.05) is 25.1 Å². The Morgan fingerprint density at radius 2 is 1.97 bits per heavy atom. The summed E-state index contributed by atoms with van der Waals surface area (Å²) in [5.74, 6) is -0.0198. The number of amides is 1. The number of carbonyl (C=O) groups excluding carboxylic acids is 1. The van der Waals surface area contributed by atoms with Gasteiger partial charge in [-0.3, -0.25) is 9.69 Å². The Labute approximate surface area is 226 Å². The normalized spacial score (nSPS) is 29.1. The van der Waals surface area contributed by atoms with E-state index in [9.17, 15) is 22.4 Å². The molecule has 2 aliphatic carbocycles. The number of nitrogens with zero attached hydrogens (tertiary/aromatic N) is 1. The summed E-state index contributed by atoms with van der Waals surface area (Å²) in [6.07, 6.45) is 5.39. The molecule has 0 bridgehead atoms. The number of hydrogen-bond acceptors (Lipinski definition) is 3. The van der Waals surface area contributed by atoms with Gasteiger partial charge in [0.15, 0.2) is 0 Å². The molecule has 1 amide bonds. The highest BCUT2D eigenvalue weighted by Gasteiger charge is 2.49. The second kappa shape index (κ2) is 10.3. The van der Waals surface area contributed by atoms with Gasteiger partial charge in [-0.1, -0.05) is 43.3 Å². The summed E-state index contributed by atoms with van der Waals surface area (Å²) in [6.45, 7) is 4.12. The van der Waals surface area contributed by atoms with Crippen LogP contribution in [0.15, 0.2) is 48.5 Å². The van der Waals surface area contributed by atoms with E-state index in [4.69, 9.17) is 0 Å². The van der Waals surface area contributed by atoms with Crippen LogP contribution in [0.3, 0.4) is 0 Å². The molecule has 3 aliphatic rings. The maximum Gasteiger partial charge on any atom is 0.416 e. The summed E-state index contributed by atoms with van der Waals surface area (Å²) in [5, 5.41) is 2.84. The number of halogens is 4. The first-order valence-electron chi connectivity index (χ1n) is 13.2. The first-order chi connectivity index (χ1) is 18.1. The number of thioether (sulfide) groups is 1. The van der Waals surface area contributed by atoms with Gasteiger partial charge in [-0.25, -0.2) is 4.39 Å². The molecule has 1 saturated carbocycles. The number of likely N-dealkylation sites (tertiary alicyclic amines) is 1. The first kappa shape index (κ1) is 27.3. The highest BCUT2D eigenvalue weighted by molar-refractivity contribution is 7.98. The van der Waals surface area contributed by atoms with E-state index in [1.54, 1.807) is 11.8 Å². The van der Waals surface area contributed by atoms with E-state index in [0.29, 0.717) is 23.8 Å². The number of fused-ring (bicyclic) bond motifs is 2. The third kappa shape index (κ3) is 5.02. The van der Waals surface area contributed by atoms with Crippen molar-refractivity contribution in [3.8, 4) is 0 Å². The van der Waals surface area contributed by atoms with Crippen molar-refractivity contribution >= 4 is 23.7 Å². The fourth-order valence-electron chi connectivity index (χ4n) is 6.93. The quantitative estimate of drug-likeness (QED) is 0.411. The number of allylic oxidation sites excluding steroid dienone is 1. The highest BCUT2D eigenvalue weighted by atomic mass is 32.2. The van der Waals surface area contributed by atoms with Gasteiger partial charge < -0.3 is 5.32 Å². The lowest BCUT2D eigenvalue weighted by molar-refractivity contribution is -0.137. The zero-order valence-corrected chi connectivity index (χ0v) is 22.6. The maximum absolute atomic E-state index is 13.8. The monoisotopic (exact) mass is 546 g/mol. The Balaban J connectivity index is 1.25. The highest BCUT2D eigenvalue weighted by Crippen LogP contribution is 2.49. The standard InChI is InChI=1S/C30H34F4N2OS/c1-20-18-36(12-11-29(20)10-7-22-5-3-4-6-26(22)29)25-8-9-28(16-25,19-38-2)27(37)35-17-21-13-23(30(32,33)34)15-24(31)14-21/h3-7,10,13-15,20,25H,8-9,11-12,16-19H2,1-2H3,(H,35,37)/t20-,25+,28-,29+/m0/s1. The van der Waals surface area contributed by atoms with Crippen molar-refractivity contribution in [2.45, 2.75) is 56.8 Å². The SMILES string of the molecule is CSC[C@]1(C(=O)NCc2cc(F)cc(C(F)(F)F)c2)CC[C@@H](N2CC[C@]3(C=Cc4ccccc43)[C@@H](C)C2)C1. The Kier molecular flexibility index (Phi) is 7.42. The van der Waals surface area contributed by atoms with Crippen LogP contribution in [-0.2, 0) is 22.9 Å². The van der Waals surface area contributed by atoms with Crippen molar-refractivity contribution in [3.05, 3.63) is 76.6 Å². The van der Waals surface area contributed by atoms with Gasteiger partial charge in [0.05, 0.1) is 11.0 Å². The number of benzene rings is 2. The average molecular weight is 547 g/mol. The molecule has 2 aromatic rings. The fourth-order valence-corrected chi connectivity index (χ4v) is 7.88. The first-order valence-corrected chi connectivity index (χ1v) is 14.6. The molecule has 0 unspecified atom stereocenters. The number of rotatable bonds is 6. The summed E-state index contributed by atoms with van der Waals surface area (Å²) >= 11 is 1.62. The second-order valence-corrected chi connectivity index (χ2v) is 12.1. The largest absolute Gasteiger partial charge is 0.416 e. The predicted molar refractivity (Wildman–Crippen MR) is 144 cm³/mol. The molecule has 2 fully saturated rings. The number of nitrogens with one attached hydrogen (secondary N) is 1. The number of hydrogen-bond donors (Lipinski definition) is 1.